The van der Waals surface area contributed by atoms with Crippen molar-refractivity contribution in [2.24, 2.45) is 5.73 Å². The molecule has 1 aromatic carbocycles. The molecule has 1 aliphatic heterocycles. The van der Waals surface area contributed by atoms with Crippen LogP contribution >= 0.6 is 0 Å². The molecule has 2 rings (SSSR count). The van der Waals surface area contributed by atoms with Crippen LogP contribution in [0.3, 0.4) is 0 Å². The van der Waals surface area contributed by atoms with Crippen molar-refractivity contribution in [1.29, 1.82) is 0 Å². The molecule has 0 aliphatic carbocycles. The van der Waals surface area contributed by atoms with Gasteiger partial charge < -0.3 is 10.6 Å². The van der Waals surface area contributed by atoms with Crippen molar-refractivity contribution < 1.29 is 0 Å². The average Bonchev–Trinajstić information content (AvgIpc) is 2.39. The third-order valence-corrected chi connectivity index (χ3v) is 4.03. The van der Waals surface area contributed by atoms with Crippen LogP contribution in [0.2, 0.25) is 0 Å². The van der Waals surface area contributed by atoms with Crippen molar-refractivity contribution in [2.45, 2.75) is 32.4 Å². The van der Waals surface area contributed by atoms with Gasteiger partial charge in [-0.05, 0) is 38.1 Å². The molecule has 2 atom stereocenters. The monoisotopic (exact) mass is 247 g/mol. The molecule has 0 amide bonds. The first kappa shape index (κ1) is 13.4. The summed E-state index contributed by atoms with van der Waals surface area (Å²) in [5, 5.41) is 0. The molecule has 1 heterocycles. The molecule has 1 fully saturated rings. The molecule has 0 saturated carbocycles. The lowest BCUT2D eigenvalue weighted by atomic mass is 10.1. The number of benzene rings is 1. The fourth-order valence-corrected chi connectivity index (χ4v) is 2.61. The molecule has 0 radical (unpaired) electrons. The van der Waals surface area contributed by atoms with Gasteiger partial charge in [0, 0.05) is 37.4 Å². The molecule has 0 bridgehead atoms. The molecular weight excluding hydrogens is 222 g/mol. The van der Waals surface area contributed by atoms with Crippen molar-refractivity contribution in [3.63, 3.8) is 0 Å². The van der Waals surface area contributed by atoms with Crippen molar-refractivity contribution in [3.8, 4) is 0 Å². The second-order valence-corrected chi connectivity index (χ2v) is 5.37. The van der Waals surface area contributed by atoms with Gasteiger partial charge in [0.25, 0.3) is 0 Å². The maximum absolute atomic E-state index is 5.88. The average molecular weight is 247 g/mol. The number of nitrogens with two attached hydrogens (primary N) is 1. The van der Waals surface area contributed by atoms with E-state index in [-0.39, 0.29) is 6.04 Å². The van der Waals surface area contributed by atoms with Gasteiger partial charge in [-0.15, -0.1) is 0 Å². The zero-order valence-electron chi connectivity index (χ0n) is 11.8. The molecular formula is C15H25N3. The van der Waals surface area contributed by atoms with E-state index < -0.39 is 0 Å². The first-order chi connectivity index (χ1) is 8.61. The van der Waals surface area contributed by atoms with Gasteiger partial charge >= 0.3 is 0 Å². The largest absolute Gasteiger partial charge is 0.369 e. The number of hydrogen-bond acceptors (Lipinski definition) is 3. The van der Waals surface area contributed by atoms with Gasteiger partial charge in [0.05, 0.1) is 0 Å². The minimum absolute atomic E-state index is 0.120. The zero-order chi connectivity index (χ0) is 13.1. The first-order valence-corrected chi connectivity index (χ1v) is 6.92. The summed E-state index contributed by atoms with van der Waals surface area (Å²) in [7, 11) is 2.23. The molecule has 18 heavy (non-hydrogen) atoms. The highest BCUT2D eigenvalue weighted by Crippen LogP contribution is 2.21. The smallest absolute Gasteiger partial charge is 0.0367 e. The molecule has 0 aromatic heterocycles. The van der Waals surface area contributed by atoms with Crippen LogP contribution in [0.15, 0.2) is 24.3 Å². The van der Waals surface area contributed by atoms with Crippen LogP contribution < -0.4 is 10.6 Å². The highest BCUT2D eigenvalue weighted by atomic mass is 15.3. The Morgan fingerprint density at radius 1 is 1.28 bits per heavy atom. The lowest BCUT2D eigenvalue weighted by Gasteiger charge is -2.40. The summed E-state index contributed by atoms with van der Waals surface area (Å²) in [6.07, 6.45) is 1.21. The maximum atomic E-state index is 5.88. The topological polar surface area (TPSA) is 32.5 Å². The van der Waals surface area contributed by atoms with E-state index >= 15 is 0 Å². The quantitative estimate of drug-likeness (QED) is 0.889. The molecule has 3 heteroatoms. The summed E-state index contributed by atoms with van der Waals surface area (Å²) in [6.45, 7) is 7.68. The molecule has 1 aromatic rings. The van der Waals surface area contributed by atoms with Gasteiger partial charge in [-0.3, -0.25) is 4.90 Å². The van der Waals surface area contributed by atoms with Crippen LogP contribution in [0.4, 0.5) is 5.69 Å². The Kier molecular flexibility index (Phi) is 4.25. The van der Waals surface area contributed by atoms with E-state index in [4.69, 9.17) is 5.73 Å². The summed E-state index contributed by atoms with van der Waals surface area (Å²) in [6, 6.07) is 9.51. The summed E-state index contributed by atoms with van der Waals surface area (Å²) in [5.74, 6) is 0. The molecule has 1 aliphatic rings. The Balaban J connectivity index is 2.07. The molecule has 3 nitrogen and oxygen atoms in total. The third-order valence-electron chi connectivity index (χ3n) is 4.03. The Morgan fingerprint density at radius 3 is 2.50 bits per heavy atom. The summed E-state index contributed by atoms with van der Waals surface area (Å²) in [4.78, 5) is 4.95. The van der Waals surface area contributed by atoms with Crippen molar-refractivity contribution in [2.75, 3.05) is 31.6 Å². The van der Waals surface area contributed by atoms with E-state index in [0.29, 0.717) is 6.04 Å². The molecule has 100 valence electrons. The van der Waals surface area contributed by atoms with Crippen LogP contribution in [-0.2, 0) is 0 Å². The van der Waals surface area contributed by atoms with Crippen LogP contribution in [0, 0.1) is 0 Å². The SMILES string of the molecule is CCC1CN(c2ccc([C@@H](C)N)cc2)CCN1C. The van der Waals surface area contributed by atoms with E-state index in [9.17, 15) is 0 Å². The number of piperazine rings is 1. The van der Waals surface area contributed by atoms with E-state index in [1.807, 2.05) is 6.92 Å². The van der Waals surface area contributed by atoms with E-state index in [1.165, 1.54) is 17.7 Å². The third kappa shape index (κ3) is 2.85. The Bertz CT molecular complexity index is 372. The lowest BCUT2D eigenvalue weighted by Crippen LogP contribution is -2.51. The van der Waals surface area contributed by atoms with Crippen molar-refractivity contribution in [3.05, 3.63) is 29.8 Å². The van der Waals surface area contributed by atoms with Gasteiger partial charge in [0.15, 0.2) is 0 Å². The van der Waals surface area contributed by atoms with Crippen molar-refractivity contribution in [1.82, 2.24) is 4.90 Å². The van der Waals surface area contributed by atoms with Crippen LogP contribution in [-0.4, -0.2) is 37.6 Å². The molecule has 1 saturated heterocycles. The second-order valence-electron chi connectivity index (χ2n) is 5.37. The van der Waals surface area contributed by atoms with Crippen LogP contribution in [0.5, 0.6) is 0 Å². The van der Waals surface area contributed by atoms with Crippen molar-refractivity contribution >= 4 is 5.69 Å². The first-order valence-electron chi connectivity index (χ1n) is 6.92. The molecule has 0 spiro atoms. The maximum Gasteiger partial charge on any atom is 0.0367 e. The number of nitrogens with zero attached hydrogens (tertiary/aromatic N) is 2. The van der Waals surface area contributed by atoms with Gasteiger partial charge in [-0.1, -0.05) is 19.1 Å². The predicted molar refractivity (Wildman–Crippen MR) is 78.0 cm³/mol. The van der Waals surface area contributed by atoms with E-state index in [2.05, 4.69) is 48.0 Å². The number of rotatable bonds is 3. The van der Waals surface area contributed by atoms with Crippen LogP contribution in [0.25, 0.3) is 0 Å². The normalized spacial score (nSPS) is 23.1. The highest BCUT2D eigenvalue weighted by molar-refractivity contribution is 5.48. The van der Waals surface area contributed by atoms with Gasteiger partial charge in [-0.25, -0.2) is 0 Å². The predicted octanol–water partition coefficient (Wildman–Crippen LogP) is 2.24. The van der Waals surface area contributed by atoms with Gasteiger partial charge in [0.2, 0.25) is 0 Å². The molecule has 1 unspecified atom stereocenters. The number of hydrogen-bond donors (Lipinski definition) is 1. The minimum Gasteiger partial charge on any atom is -0.369 e. The second kappa shape index (κ2) is 5.72. The Labute approximate surface area is 111 Å². The zero-order valence-corrected chi connectivity index (χ0v) is 11.8. The van der Waals surface area contributed by atoms with E-state index in [0.717, 1.165) is 19.6 Å². The van der Waals surface area contributed by atoms with Gasteiger partial charge in [0.1, 0.15) is 0 Å². The highest BCUT2D eigenvalue weighted by Gasteiger charge is 2.22. The van der Waals surface area contributed by atoms with E-state index in [1.54, 1.807) is 0 Å². The number of anilines is 1. The van der Waals surface area contributed by atoms with Crippen LogP contribution in [0.1, 0.15) is 31.9 Å². The van der Waals surface area contributed by atoms with Gasteiger partial charge in [-0.2, -0.15) is 0 Å². The Morgan fingerprint density at radius 2 is 1.94 bits per heavy atom. The standard InChI is InChI=1S/C15H25N3/c1-4-14-11-18(10-9-17(14)3)15-7-5-13(6-8-15)12(2)16/h5-8,12,14H,4,9-11,16H2,1-3H3/t12-,14?/m1/s1. The summed E-state index contributed by atoms with van der Waals surface area (Å²) in [5.41, 5.74) is 8.42. The summed E-state index contributed by atoms with van der Waals surface area (Å²) < 4.78 is 0. The minimum atomic E-state index is 0.120. The fourth-order valence-electron chi connectivity index (χ4n) is 2.61. The fraction of sp³-hybridized carbons (Fsp3) is 0.600. The summed E-state index contributed by atoms with van der Waals surface area (Å²) >= 11 is 0. The molecule has 2 N–H and O–H groups in total. The lowest BCUT2D eigenvalue weighted by molar-refractivity contribution is 0.213. The Hall–Kier alpha value is -1.06. The number of likely N-dealkylation sites (N-methyl/N-ethyl adjacent to an activating group) is 1.